The Morgan fingerprint density at radius 1 is 1.15 bits per heavy atom. The summed E-state index contributed by atoms with van der Waals surface area (Å²) in [7, 11) is 4.72. The van der Waals surface area contributed by atoms with Crippen LogP contribution in [0, 0.1) is 9.64 Å². The van der Waals surface area contributed by atoms with E-state index in [4.69, 9.17) is 17.0 Å². The number of carbonyl (C=O) groups excluding carboxylic acids is 1. The molecule has 0 spiro atoms. The summed E-state index contributed by atoms with van der Waals surface area (Å²) in [5.41, 5.74) is 2.39. The first-order valence-electron chi connectivity index (χ1n) is 8.27. The molecule has 4 rings (SSSR count). The summed E-state index contributed by atoms with van der Waals surface area (Å²) in [6.07, 6.45) is 0. The summed E-state index contributed by atoms with van der Waals surface area (Å²) in [5.74, 6) is 0.0218. The van der Waals surface area contributed by atoms with E-state index >= 15 is 0 Å². The molecule has 0 N–H and O–H groups in total. The summed E-state index contributed by atoms with van der Waals surface area (Å²) < 4.78 is 19.8. The first kappa shape index (κ1) is 18.3. The molecule has 0 bridgehead atoms. The summed E-state index contributed by atoms with van der Waals surface area (Å²) >= 11 is 5.59. The molecule has 0 radical (unpaired) electrons. The van der Waals surface area contributed by atoms with Gasteiger partial charge >= 0.3 is 0 Å². The molecule has 0 unspecified atom stereocenters. The number of para-hydroxylation sites is 1. The molecule has 1 aromatic heterocycles. The molecule has 3 nitrogen and oxygen atoms in total. The Kier molecular flexibility index (Phi) is 4.41. The molecule has 138 valence electrons. The minimum atomic E-state index is -0.624. The average Bonchev–Trinajstić information content (AvgIpc) is 3.04. The van der Waals surface area contributed by atoms with Crippen molar-refractivity contribution in [1.82, 2.24) is 0 Å². The van der Waals surface area contributed by atoms with Gasteiger partial charge in [-0.1, -0.05) is 45.0 Å². The van der Waals surface area contributed by atoms with E-state index in [0.29, 0.717) is 17.0 Å². The Morgan fingerprint density at radius 3 is 2.52 bits per heavy atom. The Balaban J connectivity index is 2.01. The predicted octanol–water partition coefficient (Wildman–Crippen LogP) is 6.25. The van der Waals surface area contributed by atoms with Crippen molar-refractivity contribution in [1.29, 1.82) is 0 Å². The summed E-state index contributed by atoms with van der Waals surface area (Å²) in [6, 6.07) is 11.3. The normalized spacial score (nSPS) is 14.4. The van der Waals surface area contributed by atoms with E-state index in [9.17, 15) is 9.18 Å². The zero-order valence-electron chi connectivity index (χ0n) is 14.9. The van der Waals surface area contributed by atoms with Gasteiger partial charge in [0.1, 0.15) is 15.4 Å². The maximum atomic E-state index is 13.5. The molecule has 3 aromatic rings. The van der Waals surface area contributed by atoms with Gasteiger partial charge in [-0.25, -0.2) is 4.39 Å². The van der Waals surface area contributed by atoms with Crippen molar-refractivity contribution >= 4 is 44.5 Å². The van der Waals surface area contributed by atoms with Crippen LogP contribution in [0.4, 0.5) is 10.1 Å². The lowest BCUT2D eigenvalue weighted by Gasteiger charge is -2.43. The highest BCUT2D eigenvalue weighted by Gasteiger charge is 2.44. The fraction of sp³-hybridized carbons (Fsp3) is 0.200. The maximum absolute atomic E-state index is 13.5. The van der Waals surface area contributed by atoms with Crippen LogP contribution in [0.3, 0.4) is 0 Å². The van der Waals surface area contributed by atoms with E-state index in [1.807, 2.05) is 32.0 Å². The van der Waals surface area contributed by atoms with Crippen LogP contribution in [0.1, 0.15) is 29.1 Å². The number of methoxy groups -OCH3 is 1. The number of carbonyl (C=O) groups is 1. The lowest BCUT2D eigenvalue weighted by molar-refractivity contribution is 0.0960. The molecule has 2 heterocycles. The van der Waals surface area contributed by atoms with Crippen LogP contribution in [-0.2, 0) is 5.54 Å². The zero-order valence-corrected chi connectivity index (χ0v) is 17.4. The van der Waals surface area contributed by atoms with Gasteiger partial charge in [0.25, 0.3) is 5.91 Å². The molecule has 0 aliphatic carbocycles. The van der Waals surface area contributed by atoms with Gasteiger partial charge in [0.05, 0.1) is 23.2 Å². The highest BCUT2D eigenvalue weighted by atomic mass is 32.9. The molecular formula is C20H16FNO2S3. The van der Waals surface area contributed by atoms with Crippen LogP contribution in [0.25, 0.3) is 11.1 Å². The second kappa shape index (κ2) is 6.51. The smallest absolute Gasteiger partial charge is 0.259 e. The molecule has 7 heteroatoms. The number of rotatable bonds is 2. The van der Waals surface area contributed by atoms with E-state index in [2.05, 4.69) is 0 Å². The van der Waals surface area contributed by atoms with Crippen LogP contribution in [0.5, 0.6) is 5.75 Å². The quantitative estimate of drug-likeness (QED) is 0.365. The number of amides is 1. The first-order valence-corrected chi connectivity index (χ1v) is 10.8. The largest absolute Gasteiger partial charge is 0.495 e. The summed E-state index contributed by atoms with van der Waals surface area (Å²) in [6.45, 7) is 4.00. The van der Waals surface area contributed by atoms with Crippen molar-refractivity contribution in [2.45, 2.75) is 19.4 Å². The summed E-state index contributed by atoms with van der Waals surface area (Å²) in [4.78, 5) is 16.3. The third kappa shape index (κ3) is 2.72. The van der Waals surface area contributed by atoms with Gasteiger partial charge in [-0.3, -0.25) is 9.69 Å². The fourth-order valence-corrected chi connectivity index (χ4v) is 6.75. The molecule has 0 saturated carbocycles. The highest BCUT2D eigenvalue weighted by molar-refractivity contribution is 7.80. The SMILES string of the molecule is COc1cccc2c1N(C(=O)c1ccc(F)cc1)C(C)(C)c1ssc(=S)c1-2. The Bertz CT molecular complexity index is 1100. The molecule has 0 atom stereocenters. The molecule has 0 fully saturated rings. The lowest BCUT2D eigenvalue weighted by atomic mass is 9.86. The van der Waals surface area contributed by atoms with Crippen LogP contribution in [-0.4, -0.2) is 13.0 Å². The van der Waals surface area contributed by atoms with E-state index in [1.165, 1.54) is 34.6 Å². The topological polar surface area (TPSA) is 29.5 Å². The Labute approximate surface area is 169 Å². The van der Waals surface area contributed by atoms with Gasteiger partial charge < -0.3 is 4.74 Å². The molecule has 1 aliphatic rings. The molecule has 1 aliphatic heterocycles. The van der Waals surface area contributed by atoms with Gasteiger partial charge in [0.15, 0.2) is 0 Å². The number of ether oxygens (including phenoxy) is 1. The maximum Gasteiger partial charge on any atom is 0.259 e. The monoisotopic (exact) mass is 417 g/mol. The number of benzene rings is 2. The molecule has 2 aromatic carbocycles. The van der Waals surface area contributed by atoms with Crippen molar-refractivity contribution in [2.75, 3.05) is 12.0 Å². The number of nitrogens with zero attached hydrogens (tertiary/aromatic N) is 1. The highest BCUT2D eigenvalue weighted by Crippen LogP contribution is 2.55. The molecule has 27 heavy (non-hydrogen) atoms. The van der Waals surface area contributed by atoms with E-state index < -0.39 is 5.54 Å². The van der Waals surface area contributed by atoms with Crippen molar-refractivity contribution in [3.05, 3.63) is 62.5 Å². The predicted molar refractivity (Wildman–Crippen MR) is 111 cm³/mol. The minimum absolute atomic E-state index is 0.208. The standard InChI is InChI=1S/C20H16FNO2S3/c1-20(2)17-15(19(25)27-26-17)13-5-4-6-14(24-3)16(13)22(20)18(23)11-7-9-12(21)10-8-11/h4-10H,1-3H3. The van der Waals surface area contributed by atoms with E-state index in [0.717, 1.165) is 19.8 Å². The number of anilines is 1. The third-order valence-corrected chi connectivity index (χ3v) is 8.08. The Morgan fingerprint density at radius 2 is 1.85 bits per heavy atom. The van der Waals surface area contributed by atoms with Crippen molar-refractivity contribution < 1.29 is 13.9 Å². The second-order valence-electron chi connectivity index (χ2n) is 6.72. The van der Waals surface area contributed by atoms with E-state index in [1.54, 1.807) is 22.4 Å². The van der Waals surface area contributed by atoms with Crippen molar-refractivity contribution in [3.63, 3.8) is 0 Å². The second-order valence-corrected chi connectivity index (χ2v) is 9.54. The Hall–Kier alpha value is -2.09. The van der Waals surface area contributed by atoms with Crippen LogP contribution >= 0.6 is 32.9 Å². The fourth-order valence-electron chi connectivity index (χ4n) is 3.47. The van der Waals surface area contributed by atoms with Gasteiger partial charge in [-0.2, -0.15) is 0 Å². The van der Waals surface area contributed by atoms with Gasteiger partial charge in [-0.15, -0.1) is 0 Å². The number of halogens is 1. The lowest BCUT2D eigenvalue weighted by Crippen LogP contribution is -2.48. The van der Waals surface area contributed by atoms with Gasteiger partial charge in [-0.05, 0) is 44.2 Å². The first-order chi connectivity index (χ1) is 12.9. The molecule has 1 amide bonds. The minimum Gasteiger partial charge on any atom is -0.495 e. The van der Waals surface area contributed by atoms with E-state index in [-0.39, 0.29) is 11.7 Å². The van der Waals surface area contributed by atoms with Crippen LogP contribution < -0.4 is 9.64 Å². The zero-order chi connectivity index (χ0) is 19.3. The number of hydrogen-bond acceptors (Lipinski definition) is 5. The molecule has 0 saturated heterocycles. The van der Waals surface area contributed by atoms with Crippen molar-refractivity contribution in [2.24, 2.45) is 0 Å². The van der Waals surface area contributed by atoms with Gasteiger partial charge in [0, 0.05) is 16.7 Å². The van der Waals surface area contributed by atoms with Gasteiger partial charge in [0.2, 0.25) is 0 Å². The molecular weight excluding hydrogens is 401 g/mol. The average molecular weight is 418 g/mol. The van der Waals surface area contributed by atoms with Crippen LogP contribution in [0.2, 0.25) is 0 Å². The number of fused-ring (bicyclic) bond motifs is 3. The number of hydrogen-bond donors (Lipinski definition) is 0. The van der Waals surface area contributed by atoms with Crippen molar-refractivity contribution in [3.8, 4) is 16.9 Å². The van der Waals surface area contributed by atoms with Crippen LogP contribution in [0.15, 0.2) is 42.5 Å². The third-order valence-electron chi connectivity index (χ3n) is 4.75. The summed E-state index contributed by atoms with van der Waals surface area (Å²) in [5, 5.41) is 0.